The van der Waals surface area contributed by atoms with Gasteiger partial charge in [0.1, 0.15) is 6.29 Å². The molecule has 2 aliphatic carbocycles. The minimum absolute atomic E-state index is 0.0226. The molecule has 2 aliphatic rings. The smallest absolute Gasteiger partial charge is 0.127 e. The van der Waals surface area contributed by atoms with Gasteiger partial charge in [0.15, 0.2) is 0 Å². The van der Waals surface area contributed by atoms with Gasteiger partial charge in [-0.05, 0) is 25.7 Å². The first-order chi connectivity index (χ1) is 5.29. The molecule has 0 radical (unpaired) electrons. The highest BCUT2D eigenvalue weighted by atomic mass is 16.1. The van der Waals surface area contributed by atoms with Crippen molar-refractivity contribution in [1.29, 1.82) is 0 Å². The van der Waals surface area contributed by atoms with Gasteiger partial charge < -0.3 is 4.79 Å². The average Bonchev–Trinajstić information content (AvgIpc) is 2.26. The number of allylic oxidation sites excluding steroid dienone is 1. The summed E-state index contributed by atoms with van der Waals surface area (Å²) in [6.07, 6.45) is 9.00. The molecule has 2 unspecified atom stereocenters. The molecular formula is C10H14O. The molecule has 2 fully saturated rings. The average molecular weight is 150 g/mol. The van der Waals surface area contributed by atoms with Gasteiger partial charge in [0.05, 0.1) is 0 Å². The summed E-state index contributed by atoms with van der Waals surface area (Å²) in [6.45, 7) is 3.85. The Morgan fingerprint density at radius 1 is 1.09 bits per heavy atom. The van der Waals surface area contributed by atoms with Crippen LogP contribution in [0.25, 0.3) is 0 Å². The maximum atomic E-state index is 10.9. The molecule has 11 heavy (non-hydrogen) atoms. The number of rotatable bonds is 2. The van der Waals surface area contributed by atoms with Crippen LogP contribution in [-0.4, -0.2) is 6.29 Å². The Morgan fingerprint density at radius 3 is 2.09 bits per heavy atom. The molecule has 0 aliphatic heterocycles. The quantitative estimate of drug-likeness (QED) is 0.436. The summed E-state index contributed by atoms with van der Waals surface area (Å²) in [4.78, 5) is 10.9. The predicted octanol–water partition coefficient (Wildman–Crippen LogP) is 2.32. The zero-order valence-electron chi connectivity index (χ0n) is 6.81. The van der Waals surface area contributed by atoms with Gasteiger partial charge in [-0.3, -0.25) is 0 Å². The molecule has 0 amide bonds. The van der Waals surface area contributed by atoms with Crippen molar-refractivity contribution in [2.24, 2.45) is 10.8 Å². The lowest BCUT2D eigenvalue weighted by molar-refractivity contribution is -0.129. The summed E-state index contributed by atoms with van der Waals surface area (Å²) < 4.78 is 0. The van der Waals surface area contributed by atoms with E-state index in [1.54, 1.807) is 0 Å². The van der Waals surface area contributed by atoms with Crippen LogP contribution in [0.3, 0.4) is 0 Å². The van der Waals surface area contributed by atoms with Crippen LogP contribution in [0.2, 0.25) is 0 Å². The van der Waals surface area contributed by atoms with Gasteiger partial charge >= 0.3 is 0 Å². The van der Waals surface area contributed by atoms with E-state index in [4.69, 9.17) is 0 Å². The molecular weight excluding hydrogens is 136 g/mol. The first-order valence-electron chi connectivity index (χ1n) is 4.39. The molecule has 0 aromatic rings. The second-order valence-corrected chi connectivity index (χ2v) is 3.99. The van der Waals surface area contributed by atoms with Crippen LogP contribution >= 0.6 is 0 Å². The fourth-order valence-electron chi connectivity index (χ4n) is 2.88. The highest BCUT2D eigenvalue weighted by Crippen LogP contribution is 2.65. The molecule has 0 saturated heterocycles. The van der Waals surface area contributed by atoms with E-state index >= 15 is 0 Å². The Hall–Kier alpha value is -0.590. The highest BCUT2D eigenvalue weighted by Gasteiger charge is 2.59. The summed E-state index contributed by atoms with van der Waals surface area (Å²) in [5, 5.41) is 0. The molecule has 2 rings (SSSR count). The SMILES string of the molecule is C=CC12CCCC1(C=O)CC2. The van der Waals surface area contributed by atoms with Crippen molar-refractivity contribution in [1.82, 2.24) is 0 Å². The molecule has 1 nitrogen and oxygen atoms in total. The van der Waals surface area contributed by atoms with E-state index in [2.05, 4.69) is 6.58 Å². The van der Waals surface area contributed by atoms with Crippen LogP contribution in [0.4, 0.5) is 0 Å². The van der Waals surface area contributed by atoms with Crippen molar-refractivity contribution in [3.05, 3.63) is 12.7 Å². The van der Waals surface area contributed by atoms with Crippen LogP contribution in [-0.2, 0) is 4.79 Å². The molecule has 2 saturated carbocycles. The Kier molecular flexibility index (Phi) is 1.26. The van der Waals surface area contributed by atoms with Crippen LogP contribution in [0, 0.1) is 10.8 Å². The first kappa shape index (κ1) is 7.08. The van der Waals surface area contributed by atoms with E-state index in [-0.39, 0.29) is 10.8 Å². The van der Waals surface area contributed by atoms with Gasteiger partial charge in [0.25, 0.3) is 0 Å². The number of carbonyl (C=O) groups excluding carboxylic acids is 1. The zero-order valence-corrected chi connectivity index (χ0v) is 6.81. The largest absolute Gasteiger partial charge is 0.303 e. The summed E-state index contributed by atoms with van der Waals surface area (Å²) in [6, 6.07) is 0. The molecule has 1 heteroatoms. The predicted molar refractivity (Wildman–Crippen MR) is 44.2 cm³/mol. The van der Waals surface area contributed by atoms with Gasteiger partial charge in [-0.1, -0.05) is 12.5 Å². The minimum Gasteiger partial charge on any atom is -0.303 e. The van der Waals surface area contributed by atoms with E-state index in [1.165, 1.54) is 25.5 Å². The fraction of sp³-hybridized carbons (Fsp3) is 0.700. The highest BCUT2D eigenvalue weighted by molar-refractivity contribution is 5.65. The lowest BCUT2D eigenvalue weighted by atomic mass is 9.52. The second kappa shape index (κ2) is 1.96. The normalized spacial score (nSPS) is 47.6. The second-order valence-electron chi connectivity index (χ2n) is 3.99. The standard InChI is InChI=1S/C10H14O/c1-2-9-4-3-5-10(9,8-11)7-6-9/h2,8H,1,3-7H2. The zero-order chi connectivity index (χ0) is 7.95. The monoisotopic (exact) mass is 150 g/mol. The Bertz CT molecular complexity index is 187. The van der Waals surface area contributed by atoms with E-state index < -0.39 is 0 Å². The topological polar surface area (TPSA) is 17.1 Å². The van der Waals surface area contributed by atoms with Crippen molar-refractivity contribution in [2.45, 2.75) is 32.1 Å². The van der Waals surface area contributed by atoms with Crippen molar-refractivity contribution in [3.8, 4) is 0 Å². The van der Waals surface area contributed by atoms with Gasteiger partial charge in [-0.2, -0.15) is 0 Å². The summed E-state index contributed by atoms with van der Waals surface area (Å²) in [5.41, 5.74) is 0.240. The lowest BCUT2D eigenvalue weighted by Gasteiger charge is -2.50. The first-order valence-corrected chi connectivity index (χ1v) is 4.39. The number of hydrogen-bond donors (Lipinski definition) is 0. The third kappa shape index (κ3) is 0.597. The molecule has 0 aromatic carbocycles. The van der Waals surface area contributed by atoms with Crippen molar-refractivity contribution >= 4 is 6.29 Å². The fourth-order valence-corrected chi connectivity index (χ4v) is 2.88. The molecule has 0 N–H and O–H groups in total. The number of aldehydes is 1. The van der Waals surface area contributed by atoms with E-state index in [0.717, 1.165) is 12.8 Å². The number of hydrogen-bond acceptors (Lipinski definition) is 1. The Morgan fingerprint density at radius 2 is 1.73 bits per heavy atom. The van der Waals surface area contributed by atoms with Gasteiger partial charge in [-0.15, -0.1) is 6.58 Å². The molecule has 0 bridgehead atoms. The Balaban J connectivity index is 2.34. The van der Waals surface area contributed by atoms with Gasteiger partial charge in [0, 0.05) is 10.8 Å². The third-order valence-corrected chi connectivity index (χ3v) is 3.87. The maximum Gasteiger partial charge on any atom is 0.127 e. The minimum atomic E-state index is 0.0226. The number of fused-ring (bicyclic) bond motifs is 1. The van der Waals surface area contributed by atoms with E-state index in [9.17, 15) is 4.79 Å². The summed E-state index contributed by atoms with van der Waals surface area (Å²) >= 11 is 0. The molecule has 60 valence electrons. The Labute approximate surface area is 67.5 Å². The van der Waals surface area contributed by atoms with Crippen molar-refractivity contribution in [3.63, 3.8) is 0 Å². The van der Waals surface area contributed by atoms with Crippen molar-refractivity contribution < 1.29 is 4.79 Å². The van der Waals surface area contributed by atoms with Crippen LogP contribution in [0.15, 0.2) is 12.7 Å². The van der Waals surface area contributed by atoms with Crippen LogP contribution in [0.1, 0.15) is 32.1 Å². The summed E-state index contributed by atoms with van der Waals surface area (Å²) in [5.74, 6) is 0. The lowest BCUT2D eigenvalue weighted by Crippen LogP contribution is -2.46. The number of carbonyl (C=O) groups is 1. The van der Waals surface area contributed by atoms with E-state index in [1.807, 2.05) is 6.08 Å². The molecule has 2 atom stereocenters. The van der Waals surface area contributed by atoms with Gasteiger partial charge in [0.2, 0.25) is 0 Å². The third-order valence-electron chi connectivity index (χ3n) is 3.87. The van der Waals surface area contributed by atoms with Gasteiger partial charge in [-0.25, -0.2) is 0 Å². The molecule has 0 heterocycles. The maximum absolute atomic E-state index is 10.9. The van der Waals surface area contributed by atoms with Crippen LogP contribution < -0.4 is 0 Å². The molecule has 0 aromatic heterocycles. The van der Waals surface area contributed by atoms with Crippen LogP contribution in [0.5, 0.6) is 0 Å². The summed E-state index contributed by atoms with van der Waals surface area (Å²) in [7, 11) is 0. The van der Waals surface area contributed by atoms with Crippen molar-refractivity contribution in [2.75, 3.05) is 0 Å². The van der Waals surface area contributed by atoms with E-state index in [0.29, 0.717) is 0 Å². The molecule has 0 spiro atoms.